The second-order valence-corrected chi connectivity index (χ2v) is 5.16. The van der Waals surface area contributed by atoms with Crippen LogP contribution < -0.4 is 10.1 Å². The van der Waals surface area contributed by atoms with Gasteiger partial charge in [-0.1, -0.05) is 23.2 Å². The third-order valence-corrected chi connectivity index (χ3v) is 3.37. The number of alkyl halides is 3. The van der Waals surface area contributed by atoms with E-state index in [0.29, 0.717) is 11.1 Å². The van der Waals surface area contributed by atoms with Crippen LogP contribution in [0.15, 0.2) is 30.5 Å². The van der Waals surface area contributed by atoms with Crippen molar-refractivity contribution in [2.75, 3.05) is 12.4 Å². The molecule has 9 heteroatoms. The maximum absolute atomic E-state index is 13.1. The van der Waals surface area contributed by atoms with Crippen LogP contribution in [0.25, 0.3) is 0 Å². The summed E-state index contributed by atoms with van der Waals surface area (Å²) in [5, 5.41) is 2.70. The van der Waals surface area contributed by atoms with Gasteiger partial charge in [0, 0.05) is 11.2 Å². The summed E-state index contributed by atoms with van der Waals surface area (Å²) < 4.78 is 44.0. The first kappa shape index (κ1) is 17.4. The minimum atomic E-state index is -4.74. The predicted molar refractivity (Wildman–Crippen MR) is 80.2 cm³/mol. The van der Waals surface area contributed by atoms with Gasteiger partial charge in [0.05, 0.1) is 23.4 Å². The van der Waals surface area contributed by atoms with Crippen molar-refractivity contribution < 1.29 is 22.7 Å². The first-order chi connectivity index (χ1) is 10.7. The second-order valence-electron chi connectivity index (χ2n) is 4.32. The summed E-state index contributed by atoms with van der Waals surface area (Å²) in [4.78, 5) is 15.9. The van der Waals surface area contributed by atoms with Gasteiger partial charge in [0.2, 0.25) is 5.88 Å². The van der Waals surface area contributed by atoms with Gasteiger partial charge in [-0.05, 0) is 24.3 Å². The molecule has 0 aliphatic rings. The molecule has 0 radical (unpaired) electrons. The minimum absolute atomic E-state index is 0.0854. The molecule has 1 heterocycles. The van der Waals surface area contributed by atoms with E-state index in [1.54, 1.807) is 0 Å². The number of hydrogen-bond donors (Lipinski definition) is 1. The fourth-order valence-corrected chi connectivity index (χ4v) is 2.28. The Bertz CT molecular complexity index is 751. The Balaban J connectivity index is 2.46. The number of anilines is 1. The molecule has 0 fully saturated rings. The number of methoxy groups -OCH3 is 1. The van der Waals surface area contributed by atoms with E-state index in [1.165, 1.54) is 18.2 Å². The number of aromatic nitrogens is 1. The molecule has 2 aromatic rings. The van der Waals surface area contributed by atoms with Crippen LogP contribution in [0.3, 0.4) is 0 Å². The minimum Gasteiger partial charge on any atom is -0.480 e. The van der Waals surface area contributed by atoms with Crippen molar-refractivity contribution in [3.63, 3.8) is 0 Å². The lowest BCUT2D eigenvalue weighted by atomic mass is 10.1. The van der Waals surface area contributed by atoms with E-state index in [4.69, 9.17) is 27.9 Å². The van der Waals surface area contributed by atoms with Gasteiger partial charge in [0.15, 0.2) is 0 Å². The summed E-state index contributed by atoms with van der Waals surface area (Å²) in [6.07, 6.45) is -3.83. The van der Waals surface area contributed by atoms with E-state index in [-0.39, 0.29) is 10.7 Å². The fourth-order valence-electron chi connectivity index (χ4n) is 1.83. The number of nitrogens with zero attached hydrogens (tertiary/aromatic N) is 1. The molecular formula is C14H9Cl2F3N2O2. The summed E-state index contributed by atoms with van der Waals surface area (Å²) in [6, 6.07) is 4.86. The van der Waals surface area contributed by atoms with Crippen molar-refractivity contribution in [2.24, 2.45) is 0 Å². The van der Waals surface area contributed by atoms with Crippen LogP contribution in [-0.4, -0.2) is 18.0 Å². The Hall–Kier alpha value is -1.99. The molecule has 0 unspecified atom stereocenters. The molecule has 23 heavy (non-hydrogen) atoms. The summed E-state index contributed by atoms with van der Waals surface area (Å²) >= 11 is 11.6. The zero-order chi connectivity index (χ0) is 17.2. The molecule has 0 aliphatic carbocycles. The molecule has 122 valence electrons. The predicted octanol–water partition coefficient (Wildman–Crippen LogP) is 4.67. The number of pyridine rings is 1. The van der Waals surface area contributed by atoms with E-state index in [2.05, 4.69) is 10.3 Å². The van der Waals surface area contributed by atoms with Crippen LogP contribution in [0.1, 0.15) is 15.9 Å². The normalized spacial score (nSPS) is 11.2. The van der Waals surface area contributed by atoms with E-state index >= 15 is 0 Å². The van der Waals surface area contributed by atoms with Crippen LogP contribution in [0, 0.1) is 0 Å². The average Bonchev–Trinajstić information content (AvgIpc) is 2.48. The molecule has 1 amide bonds. The molecule has 0 spiro atoms. The van der Waals surface area contributed by atoms with Gasteiger partial charge in [0.1, 0.15) is 5.56 Å². The maximum Gasteiger partial charge on any atom is 0.417 e. The second kappa shape index (κ2) is 6.64. The lowest BCUT2D eigenvalue weighted by molar-refractivity contribution is -0.138. The van der Waals surface area contributed by atoms with Crippen LogP contribution in [0.5, 0.6) is 5.88 Å². The number of ether oxygens (including phenoxy) is 1. The van der Waals surface area contributed by atoms with E-state index < -0.39 is 29.1 Å². The van der Waals surface area contributed by atoms with Crippen molar-refractivity contribution in [2.45, 2.75) is 6.18 Å². The lowest BCUT2D eigenvalue weighted by Crippen LogP contribution is -2.20. The van der Waals surface area contributed by atoms with Crippen molar-refractivity contribution in [3.05, 3.63) is 51.6 Å². The van der Waals surface area contributed by atoms with Gasteiger partial charge < -0.3 is 10.1 Å². The molecule has 1 aromatic carbocycles. The number of nitrogens with one attached hydrogen (secondary N) is 1. The molecule has 0 saturated carbocycles. The SMILES string of the molecule is COc1nccc(C(F)(F)F)c1C(=O)Nc1ccc(Cl)cc1Cl. The summed E-state index contributed by atoms with van der Waals surface area (Å²) in [7, 11) is 1.12. The quantitative estimate of drug-likeness (QED) is 0.860. The van der Waals surface area contributed by atoms with Gasteiger partial charge in [0.25, 0.3) is 5.91 Å². The standard InChI is InChI=1S/C14H9Cl2F3N2O2/c1-23-13-11(8(4-5-20-13)14(17,18)19)12(22)21-10-3-2-7(15)6-9(10)16/h2-6H,1H3,(H,21,22). The van der Waals surface area contributed by atoms with Gasteiger partial charge in [-0.15, -0.1) is 0 Å². The molecule has 4 nitrogen and oxygen atoms in total. The van der Waals surface area contributed by atoms with Crippen molar-refractivity contribution >= 4 is 34.8 Å². The highest BCUT2D eigenvalue weighted by Gasteiger charge is 2.37. The zero-order valence-electron chi connectivity index (χ0n) is 11.5. The topological polar surface area (TPSA) is 51.2 Å². The summed E-state index contributed by atoms with van der Waals surface area (Å²) in [5.74, 6) is -1.49. The summed E-state index contributed by atoms with van der Waals surface area (Å²) in [6.45, 7) is 0. The summed E-state index contributed by atoms with van der Waals surface area (Å²) in [5.41, 5.74) is -1.78. The van der Waals surface area contributed by atoms with Crippen molar-refractivity contribution in [3.8, 4) is 5.88 Å². The molecule has 1 N–H and O–H groups in total. The highest BCUT2D eigenvalue weighted by Crippen LogP contribution is 2.35. The van der Waals surface area contributed by atoms with Gasteiger partial charge in [-0.2, -0.15) is 13.2 Å². The van der Waals surface area contributed by atoms with Crippen molar-refractivity contribution in [1.29, 1.82) is 0 Å². The monoisotopic (exact) mass is 364 g/mol. The molecule has 1 aromatic heterocycles. The van der Waals surface area contributed by atoms with E-state index in [0.717, 1.165) is 13.3 Å². The number of carbonyl (C=O) groups excluding carboxylic acids is 1. The highest BCUT2D eigenvalue weighted by atomic mass is 35.5. The number of halogens is 5. The largest absolute Gasteiger partial charge is 0.480 e. The van der Waals surface area contributed by atoms with Gasteiger partial charge >= 0.3 is 6.18 Å². The first-order valence-corrected chi connectivity index (χ1v) is 6.86. The fraction of sp³-hybridized carbons (Fsp3) is 0.143. The zero-order valence-corrected chi connectivity index (χ0v) is 13.1. The Morgan fingerprint density at radius 1 is 1.26 bits per heavy atom. The molecule has 0 aliphatic heterocycles. The maximum atomic E-state index is 13.1. The molecule has 0 atom stereocenters. The number of carbonyl (C=O) groups is 1. The first-order valence-electron chi connectivity index (χ1n) is 6.10. The Morgan fingerprint density at radius 2 is 1.96 bits per heavy atom. The number of amides is 1. The molecule has 0 bridgehead atoms. The lowest BCUT2D eigenvalue weighted by Gasteiger charge is -2.15. The van der Waals surface area contributed by atoms with Crippen LogP contribution in [0.4, 0.5) is 18.9 Å². The highest BCUT2D eigenvalue weighted by molar-refractivity contribution is 6.36. The molecule has 2 rings (SSSR count). The number of hydrogen-bond acceptors (Lipinski definition) is 3. The third-order valence-electron chi connectivity index (χ3n) is 2.82. The Morgan fingerprint density at radius 3 is 2.52 bits per heavy atom. The Labute approximate surface area is 139 Å². The van der Waals surface area contributed by atoms with Gasteiger partial charge in [-0.25, -0.2) is 4.98 Å². The Kier molecular flexibility index (Phi) is 5.01. The number of rotatable bonds is 3. The average molecular weight is 365 g/mol. The smallest absolute Gasteiger partial charge is 0.417 e. The third kappa shape index (κ3) is 3.86. The van der Waals surface area contributed by atoms with Crippen LogP contribution in [0.2, 0.25) is 10.0 Å². The molecular weight excluding hydrogens is 356 g/mol. The van der Waals surface area contributed by atoms with E-state index in [9.17, 15) is 18.0 Å². The number of benzene rings is 1. The van der Waals surface area contributed by atoms with Crippen molar-refractivity contribution in [1.82, 2.24) is 4.98 Å². The van der Waals surface area contributed by atoms with Crippen LogP contribution in [-0.2, 0) is 6.18 Å². The van der Waals surface area contributed by atoms with Gasteiger partial charge in [-0.3, -0.25) is 4.79 Å². The van der Waals surface area contributed by atoms with Crippen LogP contribution >= 0.6 is 23.2 Å². The molecule has 0 saturated heterocycles. The van der Waals surface area contributed by atoms with E-state index in [1.807, 2.05) is 0 Å².